The van der Waals surface area contributed by atoms with Gasteiger partial charge in [-0.25, -0.2) is 0 Å². The summed E-state index contributed by atoms with van der Waals surface area (Å²) in [4.78, 5) is 17.2. The largest absolute Gasteiger partial charge is 0.497 e. The Labute approximate surface area is 136 Å². The number of hydrogen-bond donors (Lipinski definition) is 2. The van der Waals surface area contributed by atoms with E-state index in [1.54, 1.807) is 7.11 Å². The molecule has 2 atom stereocenters. The zero-order valence-corrected chi connectivity index (χ0v) is 13.6. The third-order valence-electron chi connectivity index (χ3n) is 4.74. The second-order valence-electron chi connectivity index (χ2n) is 6.19. The Hall–Kier alpha value is -2.14. The van der Waals surface area contributed by atoms with Crippen molar-refractivity contribution in [2.24, 2.45) is 11.7 Å². The van der Waals surface area contributed by atoms with Crippen LogP contribution in [-0.2, 0) is 0 Å². The number of fused-ring (bicyclic) bond motifs is 1. The second kappa shape index (κ2) is 6.54. The molecule has 0 aliphatic heterocycles. The minimum absolute atomic E-state index is 0.0573. The molecule has 1 aliphatic rings. The highest BCUT2D eigenvalue weighted by atomic mass is 16.5. The number of carbonyl (C=O) groups is 1. The summed E-state index contributed by atoms with van der Waals surface area (Å²) in [5.74, 6) is 1.09. The molecule has 1 amide bonds. The topological polar surface area (TPSA) is 77.2 Å². The first kappa shape index (κ1) is 15.7. The van der Waals surface area contributed by atoms with Gasteiger partial charge in [0.1, 0.15) is 5.75 Å². The lowest BCUT2D eigenvalue weighted by molar-refractivity contribution is 0.0928. The Kier molecular flexibility index (Phi) is 4.48. The molecule has 5 heteroatoms. The molecule has 1 heterocycles. The molecule has 0 bridgehead atoms. The predicted molar refractivity (Wildman–Crippen MR) is 90.7 cm³/mol. The zero-order chi connectivity index (χ0) is 16.4. The maximum Gasteiger partial charge on any atom is 0.253 e. The lowest BCUT2D eigenvalue weighted by atomic mass is 10.0. The van der Waals surface area contributed by atoms with E-state index in [-0.39, 0.29) is 11.9 Å². The molecule has 1 aliphatic carbocycles. The summed E-state index contributed by atoms with van der Waals surface area (Å²) < 4.78 is 5.22. The Morgan fingerprint density at radius 2 is 2.22 bits per heavy atom. The first-order chi connectivity index (χ1) is 11.1. The number of benzene rings is 1. The maximum atomic E-state index is 12.6. The minimum Gasteiger partial charge on any atom is -0.497 e. The van der Waals surface area contributed by atoms with Crippen LogP contribution in [-0.4, -0.2) is 30.6 Å². The fourth-order valence-electron chi connectivity index (χ4n) is 3.36. The Morgan fingerprint density at radius 1 is 1.39 bits per heavy atom. The smallest absolute Gasteiger partial charge is 0.253 e. The summed E-state index contributed by atoms with van der Waals surface area (Å²) >= 11 is 0. The molecule has 0 spiro atoms. The molecule has 0 radical (unpaired) electrons. The van der Waals surface area contributed by atoms with Gasteiger partial charge in [0.05, 0.1) is 23.9 Å². The number of methoxy groups -OCH3 is 1. The van der Waals surface area contributed by atoms with E-state index in [1.807, 2.05) is 31.2 Å². The van der Waals surface area contributed by atoms with Gasteiger partial charge in [-0.2, -0.15) is 0 Å². The number of nitrogens with two attached hydrogens (primary N) is 1. The number of nitrogens with one attached hydrogen (secondary N) is 1. The van der Waals surface area contributed by atoms with Crippen molar-refractivity contribution in [1.29, 1.82) is 0 Å². The van der Waals surface area contributed by atoms with Crippen molar-refractivity contribution in [1.82, 2.24) is 10.3 Å². The number of aromatic nitrogens is 1. The fraction of sp³-hybridized carbons (Fsp3) is 0.444. The summed E-state index contributed by atoms with van der Waals surface area (Å²) in [5, 5.41) is 4.07. The van der Waals surface area contributed by atoms with Crippen LogP contribution in [0.3, 0.4) is 0 Å². The molecule has 23 heavy (non-hydrogen) atoms. The van der Waals surface area contributed by atoms with Crippen LogP contribution in [0.15, 0.2) is 24.3 Å². The summed E-state index contributed by atoms with van der Waals surface area (Å²) in [6.45, 7) is 2.49. The van der Waals surface area contributed by atoms with Crippen LogP contribution in [0, 0.1) is 12.8 Å². The quantitative estimate of drug-likeness (QED) is 0.908. The lowest BCUT2D eigenvalue weighted by Crippen LogP contribution is -2.40. The van der Waals surface area contributed by atoms with Gasteiger partial charge in [-0.3, -0.25) is 9.78 Å². The molecule has 122 valence electrons. The predicted octanol–water partition coefficient (Wildman–Crippen LogP) is 2.41. The number of nitrogens with zero attached hydrogens (tertiary/aromatic N) is 1. The summed E-state index contributed by atoms with van der Waals surface area (Å²) in [6.07, 6.45) is 3.22. The van der Waals surface area contributed by atoms with Crippen molar-refractivity contribution in [3.63, 3.8) is 0 Å². The second-order valence-corrected chi connectivity index (χ2v) is 6.19. The van der Waals surface area contributed by atoms with Crippen LogP contribution < -0.4 is 15.8 Å². The van der Waals surface area contributed by atoms with Gasteiger partial charge in [-0.05, 0) is 50.4 Å². The van der Waals surface area contributed by atoms with Gasteiger partial charge in [0, 0.05) is 17.5 Å². The summed E-state index contributed by atoms with van der Waals surface area (Å²) in [6, 6.07) is 7.76. The van der Waals surface area contributed by atoms with Crippen LogP contribution in [0.25, 0.3) is 10.9 Å². The molecule has 0 saturated heterocycles. The van der Waals surface area contributed by atoms with Gasteiger partial charge in [-0.1, -0.05) is 6.42 Å². The molecule has 2 unspecified atom stereocenters. The molecule has 1 saturated carbocycles. The Balaban J connectivity index is 1.86. The Morgan fingerprint density at radius 3 is 2.96 bits per heavy atom. The third kappa shape index (κ3) is 3.15. The summed E-state index contributed by atoms with van der Waals surface area (Å²) in [7, 11) is 1.63. The minimum atomic E-state index is -0.0573. The molecule has 5 nitrogen and oxygen atoms in total. The molecule has 1 aromatic heterocycles. The van der Waals surface area contributed by atoms with Crippen LogP contribution >= 0.6 is 0 Å². The van der Waals surface area contributed by atoms with Gasteiger partial charge >= 0.3 is 0 Å². The molecular formula is C18H23N3O2. The monoisotopic (exact) mass is 313 g/mol. The normalized spacial score (nSPS) is 20.7. The van der Waals surface area contributed by atoms with Crippen LogP contribution in [0.2, 0.25) is 0 Å². The molecule has 3 rings (SSSR count). The first-order valence-corrected chi connectivity index (χ1v) is 8.08. The Bertz CT molecular complexity index is 730. The van der Waals surface area contributed by atoms with Crippen molar-refractivity contribution >= 4 is 16.8 Å². The number of carbonyl (C=O) groups excluding carboxylic acids is 1. The first-order valence-electron chi connectivity index (χ1n) is 8.08. The third-order valence-corrected chi connectivity index (χ3v) is 4.74. The van der Waals surface area contributed by atoms with Crippen molar-refractivity contribution in [2.45, 2.75) is 32.2 Å². The highest BCUT2D eigenvalue weighted by Crippen LogP contribution is 2.26. The molecule has 2 aromatic rings. The number of rotatable bonds is 4. The molecular weight excluding hydrogens is 290 g/mol. The number of pyridine rings is 1. The van der Waals surface area contributed by atoms with E-state index >= 15 is 0 Å². The van der Waals surface area contributed by atoms with E-state index in [0.29, 0.717) is 18.0 Å². The SMILES string of the molecule is COc1ccc2cc(C(=O)NC3CCCC3CN)c(C)nc2c1. The van der Waals surface area contributed by atoms with Crippen molar-refractivity contribution in [3.05, 3.63) is 35.5 Å². The molecule has 1 fully saturated rings. The van der Waals surface area contributed by atoms with Crippen molar-refractivity contribution in [2.75, 3.05) is 13.7 Å². The van der Waals surface area contributed by atoms with Crippen LogP contribution in [0.1, 0.15) is 35.3 Å². The highest BCUT2D eigenvalue weighted by Gasteiger charge is 2.28. The number of amides is 1. The van der Waals surface area contributed by atoms with Gasteiger partial charge in [0.15, 0.2) is 0 Å². The number of aryl methyl sites for hydroxylation is 1. The average Bonchev–Trinajstić information content (AvgIpc) is 3.00. The van der Waals surface area contributed by atoms with Crippen LogP contribution in [0.4, 0.5) is 0 Å². The lowest BCUT2D eigenvalue weighted by Gasteiger charge is -2.20. The number of ether oxygens (including phenoxy) is 1. The van der Waals surface area contributed by atoms with E-state index in [0.717, 1.165) is 41.6 Å². The van der Waals surface area contributed by atoms with E-state index in [4.69, 9.17) is 10.5 Å². The molecule has 3 N–H and O–H groups in total. The van der Waals surface area contributed by atoms with Gasteiger partial charge in [0.2, 0.25) is 0 Å². The van der Waals surface area contributed by atoms with Crippen molar-refractivity contribution < 1.29 is 9.53 Å². The van der Waals surface area contributed by atoms with Gasteiger partial charge < -0.3 is 15.8 Å². The van der Waals surface area contributed by atoms with E-state index < -0.39 is 0 Å². The van der Waals surface area contributed by atoms with Gasteiger partial charge in [0.25, 0.3) is 5.91 Å². The van der Waals surface area contributed by atoms with E-state index in [1.165, 1.54) is 0 Å². The summed E-state index contributed by atoms with van der Waals surface area (Å²) in [5.41, 5.74) is 7.98. The average molecular weight is 313 g/mol. The highest BCUT2D eigenvalue weighted by molar-refractivity contribution is 5.99. The zero-order valence-electron chi connectivity index (χ0n) is 13.6. The molecule has 1 aromatic carbocycles. The standard InChI is InChI=1S/C18H23N3O2/c1-11-15(18(22)21-16-5-3-4-13(16)10-19)8-12-6-7-14(23-2)9-17(12)20-11/h6-9,13,16H,3-5,10,19H2,1-2H3,(H,21,22). The van der Waals surface area contributed by atoms with Crippen LogP contribution in [0.5, 0.6) is 5.75 Å². The van der Waals surface area contributed by atoms with Gasteiger partial charge in [-0.15, -0.1) is 0 Å². The van der Waals surface area contributed by atoms with E-state index in [2.05, 4.69) is 10.3 Å². The van der Waals surface area contributed by atoms with E-state index in [9.17, 15) is 4.79 Å². The fourth-order valence-corrected chi connectivity index (χ4v) is 3.36. The van der Waals surface area contributed by atoms with Crippen molar-refractivity contribution in [3.8, 4) is 5.75 Å². The maximum absolute atomic E-state index is 12.6. The number of hydrogen-bond acceptors (Lipinski definition) is 4.